The van der Waals surface area contributed by atoms with Crippen molar-refractivity contribution in [3.63, 3.8) is 0 Å². The number of likely N-dealkylation sites (N-methyl/N-ethyl adjacent to an activating group) is 1. The van der Waals surface area contributed by atoms with Gasteiger partial charge in [-0.3, -0.25) is 9.59 Å². The number of rotatable bonds is 8. The van der Waals surface area contributed by atoms with Gasteiger partial charge in [-0.15, -0.1) is 0 Å². The number of carbonyl (C=O) groups is 2. The van der Waals surface area contributed by atoms with Crippen LogP contribution in [0, 0.1) is 0 Å². The first-order chi connectivity index (χ1) is 15.5. The Bertz CT molecular complexity index is 974. The number of anilines is 1. The standard InChI is InChI=1S/C24H31N5O3/c1-4-25-24(27-15-18-13-22(30)28-21-11-6-5-10-20(18)21)26-14-17-8-7-9-19(12-17)32-16-23(31)29(2)3/h5-12,18H,4,13-16H2,1-3H3,(H,28,30)(H2,25,26,27). The molecule has 1 heterocycles. The lowest BCUT2D eigenvalue weighted by Crippen LogP contribution is -2.40. The SMILES string of the molecule is CCNC(=NCc1cccc(OCC(=O)N(C)C)c1)NCC1CC(=O)Nc2ccccc21. The molecule has 0 aliphatic carbocycles. The number of guanidine groups is 1. The van der Waals surface area contributed by atoms with Gasteiger partial charge in [-0.2, -0.15) is 0 Å². The van der Waals surface area contributed by atoms with Crippen LogP contribution in [0.2, 0.25) is 0 Å². The third-order valence-electron chi connectivity index (χ3n) is 5.15. The van der Waals surface area contributed by atoms with Gasteiger partial charge in [-0.25, -0.2) is 4.99 Å². The Hall–Kier alpha value is -3.55. The molecule has 0 saturated carbocycles. The third-order valence-corrected chi connectivity index (χ3v) is 5.15. The van der Waals surface area contributed by atoms with Gasteiger partial charge in [0.05, 0.1) is 6.54 Å². The molecule has 2 aromatic rings. The lowest BCUT2D eigenvalue weighted by atomic mass is 9.90. The molecule has 0 bridgehead atoms. The van der Waals surface area contributed by atoms with Crippen molar-refractivity contribution < 1.29 is 14.3 Å². The van der Waals surface area contributed by atoms with Crippen molar-refractivity contribution in [2.75, 3.05) is 39.1 Å². The minimum Gasteiger partial charge on any atom is -0.484 e. The third kappa shape index (κ3) is 6.47. The maximum atomic E-state index is 12.1. The molecular weight excluding hydrogens is 406 g/mol. The summed E-state index contributed by atoms with van der Waals surface area (Å²) in [5.41, 5.74) is 2.98. The van der Waals surface area contributed by atoms with E-state index in [2.05, 4.69) is 27.0 Å². The summed E-state index contributed by atoms with van der Waals surface area (Å²) in [6, 6.07) is 15.5. The smallest absolute Gasteiger partial charge is 0.259 e. The van der Waals surface area contributed by atoms with E-state index in [1.165, 1.54) is 4.90 Å². The van der Waals surface area contributed by atoms with Crippen molar-refractivity contribution in [3.05, 3.63) is 59.7 Å². The van der Waals surface area contributed by atoms with Crippen molar-refractivity contribution in [1.29, 1.82) is 0 Å². The zero-order valence-corrected chi connectivity index (χ0v) is 18.9. The average molecular weight is 438 g/mol. The highest BCUT2D eigenvalue weighted by atomic mass is 16.5. The number of nitrogens with zero attached hydrogens (tertiary/aromatic N) is 2. The fraction of sp³-hybridized carbons (Fsp3) is 0.375. The van der Waals surface area contributed by atoms with Crippen LogP contribution in [0.25, 0.3) is 0 Å². The van der Waals surface area contributed by atoms with Gasteiger partial charge >= 0.3 is 0 Å². The van der Waals surface area contributed by atoms with Crippen LogP contribution in [0.3, 0.4) is 0 Å². The number of ether oxygens (including phenoxy) is 1. The van der Waals surface area contributed by atoms with E-state index in [-0.39, 0.29) is 24.3 Å². The Morgan fingerprint density at radius 3 is 2.78 bits per heavy atom. The predicted octanol–water partition coefficient (Wildman–Crippen LogP) is 2.33. The summed E-state index contributed by atoms with van der Waals surface area (Å²) < 4.78 is 5.59. The van der Waals surface area contributed by atoms with E-state index in [1.54, 1.807) is 14.1 Å². The Balaban J connectivity index is 1.61. The second-order valence-electron chi connectivity index (χ2n) is 7.84. The van der Waals surface area contributed by atoms with Gasteiger partial charge in [0.1, 0.15) is 5.75 Å². The molecule has 3 N–H and O–H groups in total. The number of amides is 2. The number of aliphatic imine (C=N–C) groups is 1. The zero-order chi connectivity index (χ0) is 22.9. The lowest BCUT2D eigenvalue weighted by Gasteiger charge is -2.26. The molecule has 0 spiro atoms. The second-order valence-corrected chi connectivity index (χ2v) is 7.84. The van der Waals surface area contributed by atoms with Crippen LogP contribution in [0.1, 0.15) is 30.4 Å². The number of fused-ring (bicyclic) bond motifs is 1. The highest BCUT2D eigenvalue weighted by Crippen LogP contribution is 2.31. The Morgan fingerprint density at radius 1 is 1.19 bits per heavy atom. The summed E-state index contributed by atoms with van der Waals surface area (Å²) in [4.78, 5) is 30.0. The van der Waals surface area contributed by atoms with E-state index in [0.29, 0.717) is 31.2 Å². The molecule has 32 heavy (non-hydrogen) atoms. The van der Waals surface area contributed by atoms with Crippen LogP contribution in [0.5, 0.6) is 5.75 Å². The van der Waals surface area contributed by atoms with Gasteiger partial charge in [0.2, 0.25) is 5.91 Å². The van der Waals surface area contributed by atoms with Gasteiger partial charge in [0.15, 0.2) is 12.6 Å². The van der Waals surface area contributed by atoms with Gasteiger partial charge in [-0.1, -0.05) is 30.3 Å². The molecule has 1 aliphatic heterocycles. The normalized spacial score (nSPS) is 15.4. The molecule has 2 amide bonds. The molecule has 3 rings (SSSR count). The van der Waals surface area contributed by atoms with E-state index in [0.717, 1.165) is 23.4 Å². The number of para-hydroxylation sites is 1. The van der Waals surface area contributed by atoms with Crippen LogP contribution in [-0.4, -0.2) is 56.5 Å². The van der Waals surface area contributed by atoms with Gasteiger partial charge in [0, 0.05) is 45.2 Å². The maximum Gasteiger partial charge on any atom is 0.259 e. The number of hydrogen-bond donors (Lipinski definition) is 3. The minimum absolute atomic E-state index is 0.000354. The molecular formula is C24H31N5O3. The molecule has 1 unspecified atom stereocenters. The van der Waals surface area contributed by atoms with Crippen LogP contribution in [0.4, 0.5) is 5.69 Å². The highest BCUT2D eigenvalue weighted by Gasteiger charge is 2.24. The van der Waals surface area contributed by atoms with Crippen molar-refractivity contribution in [1.82, 2.24) is 15.5 Å². The number of benzene rings is 2. The summed E-state index contributed by atoms with van der Waals surface area (Å²) in [5.74, 6) is 1.34. The number of nitrogens with one attached hydrogen (secondary N) is 3. The van der Waals surface area contributed by atoms with E-state index < -0.39 is 0 Å². The molecule has 0 aromatic heterocycles. The predicted molar refractivity (Wildman–Crippen MR) is 126 cm³/mol. The van der Waals surface area contributed by atoms with Gasteiger partial charge in [0.25, 0.3) is 5.91 Å². The number of carbonyl (C=O) groups excluding carboxylic acids is 2. The van der Waals surface area contributed by atoms with E-state index in [4.69, 9.17) is 4.74 Å². The molecule has 0 saturated heterocycles. The summed E-state index contributed by atoms with van der Waals surface area (Å²) >= 11 is 0. The first kappa shape index (κ1) is 23.1. The molecule has 8 heteroatoms. The first-order valence-electron chi connectivity index (χ1n) is 10.8. The zero-order valence-electron chi connectivity index (χ0n) is 18.9. The molecule has 1 atom stereocenters. The van der Waals surface area contributed by atoms with Crippen LogP contribution in [-0.2, 0) is 16.1 Å². The summed E-state index contributed by atoms with van der Waals surface area (Å²) in [7, 11) is 3.40. The lowest BCUT2D eigenvalue weighted by molar-refractivity contribution is -0.130. The average Bonchev–Trinajstić information content (AvgIpc) is 2.79. The summed E-state index contributed by atoms with van der Waals surface area (Å²) in [5, 5.41) is 9.55. The molecule has 1 aliphatic rings. The van der Waals surface area contributed by atoms with E-state index >= 15 is 0 Å². The van der Waals surface area contributed by atoms with Crippen molar-refractivity contribution >= 4 is 23.5 Å². The van der Waals surface area contributed by atoms with E-state index in [1.807, 2.05) is 49.4 Å². The van der Waals surface area contributed by atoms with Gasteiger partial charge < -0.3 is 25.6 Å². The second kappa shape index (κ2) is 11.2. The Kier molecular flexibility index (Phi) is 8.08. The number of hydrogen-bond acceptors (Lipinski definition) is 4. The van der Waals surface area contributed by atoms with Gasteiger partial charge in [-0.05, 0) is 36.2 Å². The van der Waals surface area contributed by atoms with Crippen LogP contribution >= 0.6 is 0 Å². The summed E-state index contributed by atoms with van der Waals surface area (Å²) in [6.07, 6.45) is 0.439. The Morgan fingerprint density at radius 2 is 2.00 bits per heavy atom. The quantitative estimate of drug-likeness (QED) is 0.435. The van der Waals surface area contributed by atoms with Crippen molar-refractivity contribution in [2.24, 2.45) is 4.99 Å². The molecule has 8 nitrogen and oxygen atoms in total. The molecule has 170 valence electrons. The fourth-order valence-electron chi connectivity index (χ4n) is 3.42. The molecule has 2 aromatic carbocycles. The minimum atomic E-state index is -0.0926. The summed E-state index contributed by atoms with van der Waals surface area (Å²) in [6.45, 7) is 3.79. The maximum absolute atomic E-state index is 12.1. The molecule has 0 radical (unpaired) electrons. The monoisotopic (exact) mass is 437 g/mol. The van der Waals surface area contributed by atoms with Crippen LogP contribution in [0.15, 0.2) is 53.5 Å². The topological polar surface area (TPSA) is 95.1 Å². The molecule has 0 fully saturated rings. The fourth-order valence-corrected chi connectivity index (χ4v) is 3.42. The first-order valence-corrected chi connectivity index (χ1v) is 10.8. The van der Waals surface area contributed by atoms with Crippen molar-refractivity contribution in [2.45, 2.75) is 25.8 Å². The van der Waals surface area contributed by atoms with E-state index in [9.17, 15) is 9.59 Å². The van der Waals surface area contributed by atoms with Crippen LogP contribution < -0.4 is 20.7 Å². The largest absolute Gasteiger partial charge is 0.484 e. The highest BCUT2D eigenvalue weighted by molar-refractivity contribution is 5.94. The Labute approximate surface area is 189 Å². The van der Waals surface area contributed by atoms with Crippen molar-refractivity contribution in [3.8, 4) is 5.75 Å².